The molecular weight excluding hydrogens is 128 g/mol. The maximum Gasteiger partial charge on any atom is 0.0567 e. The predicted octanol–water partition coefficient (Wildman–Crippen LogP) is 0.777. The van der Waals surface area contributed by atoms with E-state index < -0.39 is 25.0 Å². The van der Waals surface area contributed by atoms with Gasteiger partial charge < -0.3 is 10.2 Å². The van der Waals surface area contributed by atoms with Gasteiger partial charge >= 0.3 is 0 Å². The molecule has 0 heterocycles. The molecule has 1 aliphatic rings. The first kappa shape index (κ1) is 4.07. The molecule has 0 amide bonds. The van der Waals surface area contributed by atoms with Crippen molar-refractivity contribution in [3.63, 3.8) is 0 Å². The summed E-state index contributed by atoms with van der Waals surface area (Å²) in [4.78, 5) is 0. The molecule has 0 radical (unpaired) electrons. The molecule has 0 saturated heterocycles. The van der Waals surface area contributed by atoms with Gasteiger partial charge in [-0.1, -0.05) is 6.42 Å². The Bertz CT molecular complexity index is 176. The van der Waals surface area contributed by atoms with Crippen molar-refractivity contribution in [3.8, 4) is 0 Å². The van der Waals surface area contributed by atoms with E-state index in [1.54, 1.807) is 0 Å². The standard InChI is InChI=1S/C8H16O2/c9-5-7-2-1-3-8(4-7)6-10/h7-10H,1-6H2/i5D2,6D2. The fraction of sp³-hybridized carbons (Fsp3) is 1.00. The van der Waals surface area contributed by atoms with E-state index in [2.05, 4.69) is 0 Å². The molecule has 60 valence electrons. The van der Waals surface area contributed by atoms with E-state index in [0.717, 1.165) is 0 Å². The summed E-state index contributed by atoms with van der Waals surface area (Å²) in [5.41, 5.74) is 0. The van der Waals surface area contributed by atoms with Gasteiger partial charge in [0.05, 0.1) is 5.48 Å². The van der Waals surface area contributed by atoms with Gasteiger partial charge in [0.25, 0.3) is 0 Å². The number of rotatable bonds is 2. The average molecular weight is 148 g/mol. The molecule has 1 rings (SSSR count). The minimum absolute atomic E-state index is 0.201. The molecule has 0 aromatic carbocycles. The zero-order chi connectivity index (χ0) is 11.0. The van der Waals surface area contributed by atoms with Crippen LogP contribution in [0.2, 0.25) is 0 Å². The first-order valence-electron chi connectivity index (χ1n) is 5.66. The fourth-order valence-corrected chi connectivity index (χ4v) is 1.42. The second-order valence-electron chi connectivity index (χ2n) is 2.82. The van der Waals surface area contributed by atoms with Crippen LogP contribution < -0.4 is 0 Å². The highest BCUT2D eigenvalue weighted by Gasteiger charge is 2.20. The average Bonchev–Trinajstić information content (AvgIpc) is 2.01. The van der Waals surface area contributed by atoms with Crippen molar-refractivity contribution < 1.29 is 15.7 Å². The third kappa shape index (κ3) is 1.96. The quantitative estimate of drug-likeness (QED) is 0.607. The monoisotopic (exact) mass is 148 g/mol. The van der Waals surface area contributed by atoms with Crippen LogP contribution >= 0.6 is 0 Å². The summed E-state index contributed by atoms with van der Waals surface area (Å²) in [7, 11) is 0. The lowest BCUT2D eigenvalue weighted by atomic mass is 9.82. The van der Waals surface area contributed by atoms with Crippen molar-refractivity contribution in [2.45, 2.75) is 25.7 Å². The van der Waals surface area contributed by atoms with Crippen molar-refractivity contribution in [1.82, 2.24) is 0 Å². The number of aliphatic hydroxyl groups is 2. The van der Waals surface area contributed by atoms with E-state index in [0.29, 0.717) is 19.3 Å². The van der Waals surface area contributed by atoms with Crippen LogP contribution in [0.1, 0.15) is 31.2 Å². The summed E-state index contributed by atoms with van der Waals surface area (Å²) in [5, 5.41) is 18.3. The molecule has 1 saturated carbocycles. The van der Waals surface area contributed by atoms with Crippen LogP contribution in [0.4, 0.5) is 0 Å². The molecular formula is C8H16O2. The van der Waals surface area contributed by atoms with Crippen LogP contribution in [0.3, 0.4) is 0 Å². The zero-order valence-corrected chi connectivity index (χ0v) is 5.88. The Balaban J connectivity index is 2.61. The summed E-state index contributed by atoms with van der Waals surface area (Å²) < 4.78 is 28.6. The summed E-state index contributed by atoms with van der Waals surface area (Å²) in [5.74, 6) is -1.13. The molecule has 0 aromatic heterocycles. The van der Waals surface area contributed by atoms with E-state index in [-0.39, 0.29) is 6.42 Å². The lowest BCUT2D eigenvalue weighted by Gasteiger charge is -2.26. The van der Waals surface area contributed by atoms with Crippen molar-refractivity contribution in [1.29, 1.82) is 0 Å². The first-order chi connectivity index (χ1) is 6.21. The molecule has 1 fully saturated rings. The SMILES string of the molecule is [2H]C([2H])(O)C1CCCC(C([2H])([2H])O)C1. The van der Waals surface area contributed by atoms with Gasteiger partial charge in [0.2, 0.25) is 0 Å². The van der Waals surface area contributed by atoms with E-state index in [9.17, 15) is 0 Å². The molecule has 10 heavy (non-hydrogen) atoms. The molecule has 2 unspecified atom stereocenters. The van der Waals surface area contributed by atoms with Gasteiger partial charge in [0, 0.05) is 13.1 Å². The zero-order valence-electron chi connectivity index (χ0n) is 9.88. The molecule has 2 nitrogen and oxygen atoms in total. The highest BCUT2D eigenvalue weighted by molar-refractivity contribution is 4.71. The number of hydrogen-bond acceptors (Lipinski definition) is 2. The van der Waals surface area contributed by atoms with Gasteiger partial charge in [-0.3, -0.25) is 0 Å². The molecule has 2 N–H and O–H groups in total. The molecule has 2 heteroatoms. The van der Waals surface area contributed by atoms with E-state index in [1.165, 1.54) is 0 Å². The van der Waals surface area contributed by atoms with Gasteiger partial charge in [-0.25, -0.2) is 0 Å². The Morgan fingerprint density at radius 2 is 1.70 bits per heavy atom. The molecule has 2 atom stereocenters. The van der Waals surface area contributed by atoms with Gasteiger partial charge in [0.15, 0.2) is 0 Å². The maximum absolute atomic E-state index is 9.16. The number of hydrogen-bond donors (Lipinski definition) is 2. The van der Waals surface area contributed by atoms with Crippen molar-refractivity contribution in [2.24, 2.45) is 11.8 Å². The van der Waals surface area contributed by atoms with E-state index in [1.807, 2.05) is 0 Å². The molecule has 0 aromatic rings. The summed E-state index contributed by atoms with van der Waals surface area (Å²) in [6.07, 6.45) is 1.95. The van der Waals surface area contributed by atoms with Crippen molar-refractivity contribution >= 4 is 0 Å². The van der Waals surface area contributed by atoms with Crippen LogP contribution in [0, 0.1) is 11.8 Å². The maximum atomic E-state index is 9.16. The van der Waals surface area contributed by atoms with E-state index >= 15 is 0 Å². The second kappa shape index (κ2) is 3.94. The lowest BCUT2D eigenvalue weighted by Crippen LogP contribution is -2.20. The van der Waals surface area contributed by atoms with Crippen molar-refractivity contribution in [3.05, 3.63) is 0 Å². The third-order valence-corrected chi connectivity index (χ3v) is 2.04. The summed E-state index contributed by atoms with van der Waals surface area (Å²) >= 11 is 0. The lowest BCUT2D eigenvalue weighted by molar-refractivity contribution is 0.121. The van der Waals surface area contributed by atoms with Gasteiger partial charge in [0.1, 0.15) is 0 Å². The normalized spacial score (nSPS) is 43.0. The Kier molecular flexibility index (Phi) is 1.60. The molecule has 0 spiro atoms. The molecule has 0 aliphatic heterocycles. The molecule has 1 aliphatic carbocycles. The van der Waals surface area contributed by atoms with Crippen LogP contribution in [-0.2, 0) is 0 Å². The van der Waals surface area contributed by atoms with Gasteiger partial charge in [-0.05, 0) is 31.1 Å². The topological polar surface area (TPSA) is 40.5 Å². The summed E-state index contributed by atoms with van der Waals surface area (Å²) in [6, 6.07) is 0. The Morgan fingerprint density at radius 1 is 1.20 bits per heavy atom. The third-order valence-electron chi connectivity index (χ3n) is 2.04. The van der Waals surface area contributed by atoms with Crippen LogP contribution in [0.5, 0.6) is 0 Å². The van der Waals surface area contributed by atoms with Crippen LogP contribution in [0.15, 0.2) is 0 Å². The smallest absolute Gasteiger partial charge is 0.0567 e. The predicted molar refractivity (Wildman–Crippen MR) is 39.6 cm³/mol. The Hall–Kier alpha value is -0.0800. The summed E-state index contributed by atoms with van der Waals surface area (Å²) in [6.45, 7) is -4.52. The first-order valence-corrected chi connectivity index (χ1v) is 3.66. The fourth-order valence-electron chi connectivity index (χ4n) is 1.42. The second-order valence-corrected chi connectivity index (χ2v) is 2.82. The van der Waals surface area contributed by atoms with Gasteiger partial charge in [-0.2, -0.15) is 0 Å². The van der Waals surface area contributed by atoms with E-state index in [4.69, 9.17) is 15.7 Å². The Labute approximate surface area is 67.5 Å². The van der Waals surface area contributed by atoms with Crippen LogP contribution in [-0.4, -0.2) is 23.3 Å². The largest absolute Gasteiger partial charge is 0.396 e. The van der Waals surface area contributed by atoms with Gasteiger partial charge in [-0.15, -0.1) is 0 Å². The molecule has 0 bridgehead atoms. The van der Waals surface area contributed by atoms with Crippen molar-refractivity contribution in [2.75, 3.05) is 13.1 Å². The minimum atomic E-state index is -2.26. The minimum Gasteiger partial charge on any atom is -0.396 e. The van der Waals surface area contributed by atoms with Crippen LogP contribution in [0.25, 0.3) is 0 Å². The highest BCUT2D eigenvalue weighted by atomic mass is 16.3. The Morgan fingerprint density at radius 3 is 2.10 bits per heavy atom. The highest BCUT2D eigenvalue weighted by Crippen LogP contribution is 2.27.